The number of benzene rings is 1. The number of aromatic nitrogens is 4. The lowest BCUT2D eigenvalue weighted by Gasteiger charge is -2.09. The van der Waals surface area contributed by atoms with Crippen LogP contribution in [0.25, 0.3) is 0 Å². The standard InChI is InChI=1S/C18H20N6O3/c1-11-14(9-19-23(11)2)21-18(26)16-15(10-20-24(16)3)22-17(25)12-6-5-7-13(8-12)27-4/h5-10H,1-4H3,(H,21,26)(H,22,25). The maximum absolute atomic E-state index is 12.7. The second-order valence-electron chi connectivity index (χ2n) is 5.94. The number of hydrogen-bond acceptors (Lipinski definition) is 5. The highest BCUT2D eigenvalue weighted by atomic mass is 16.5. The summed E-state index contributed by atoms with van der Waals surface area (Å²) in [4.78, 5) is 25.2. The van der Waals surface area contributed by atoms with Crippen molar-refractivity contribution in [2.24, 2.45) is 14.1 Å². The first kappa shape index (κ1) is 18.2. The molecule has 2 heterocycles. The summed E-state index contributed by atoms with van der Waals surface area (Å²) in [5, 5.41) is 13.7. The summed E-state index contributed by atoms with van der Waals surface area (Å²) in [6, 6.07) is 6.74. The van der Waals surface area contributed by atoms with Crippen LogP contribution in [0.4, 0.5) is 11.4 Å². The zero-order chi connectivity index (χ0) is 19.6. The predicted molar refractivity (Wildman–Crippen MR) is 100 cm³/mol. The van der Waals surface area contributed by atoms with E-state index in [-0.39, 0.29) is 11.6 Å². The molecule has 9 nitrogen and oxygen atoms in total. The van der Waals surface area contributed by atoms with E-state index < -0.39 is 5.91 Å². The van der Waals surface area contributed by atoms with Gasteiger partial charge in [0.25, 0.3) is 11.8 Å². The van der Waals surface area contributed by atoms with E-state index in [1.54, 1.807) is 49.2 Å². The van der Waals surface area contributed by atoms with Crippen LogP contribution in [0.15, 0.2) is 36.7 Å². The van der Waals surface area contributed by atoms with E-state index in [1.165, 1.54) is 18.0 Å². The first-order valence-corrected chi connectivity index (χ1v) is 8.18. The first-order valence-electron chi connectivity index (χ1n) is 8.18. The van der Waals surface area contributed by atoms with E-state index in [0.29, 0.717) is 22.7 Å². The molecule has 3 aromatic rings. The highest BCUT2D eigenvalue weighted by Crippen LogP contribution is 2.20. The van der Waals surface area contributed by atoms with Crippen LogP contribution in [0.3, 0.4) is 0 Å². The van der Waals surface area contributed by atoms with Crippen molar-refractivity contribution in [1.29, 1.82) is 0 Å². The Bertz CT molecular complexity index is 1000. The van der Waals surface area contributed by atoms with E-state index in [2.05, 4.69) is 20.8 Å². The zero-order valence-electron chi connectivity index (χ0n) is 15.5. The molecule has 2 aromatic heterocycles. The minimum atomic E-state index is -0.396. The lowest BCUT2D eigenvalue weighted by atomic mass is 10.2. The third-order valence-electron chi connectivity index (χ3n) is 4.22. The Morgan fingerprint density at radius 1 is 1.00 bits per heavy atom. The molecule has 0 atom stereocenters. The van der Waals surface area contributed by atoms with Crippen LogP contribution < -0.4 is 15.4 Å². The fourth-order valence-electron chi connectivity index (χ4n) is 2.56. The van der Waals surface area contributed by atoms with Gasteiger partial charge in [0, 0.05) is 19.7 Å². The summed E-state index contributed by atoms with van der Waals surface area (Å²) in [5.41, 5.74) is 2.35. The van der Waals surface area contributed by atoms with Gasteiger partial charge < -0.3 is 15.4 Å². The summed E-state index contributed by atoms with van der Waals surface area (Å²) in [6.07, 6.45) is 3.00. The Morgan fingerprint density at radius 3 is 2.33 bits per heavy atom. The Labute approximate surface area is 155 Å². The van der Waals surface area contributed by atoms with Crippen LogP contribution in [0.2, 0.25) is 0 Å². The molecule has 140 valence electrons. The van der Waals surface area contributed by atoms with Gasteiger partial charge in [-0.05, 0) is 25.1 Å². The van der Waals surface area contributed by atoms with Crippen molar-refractivity contribution < 1.29 is 14.3 Å². The molecule has 1 aromatic carbocycles. The number of nitrogens with one attached hydrogen (secondary N) is 2. The average Bonchev–Trinajstić information content (AvgIpc) is 3.18. The molecule has 0 spiro atoms. The minimum Gasteiger partial charge on any atom is -0.497 e. The Hall–Kier alpha value is -3.62. The van der Waals surface area contributed by atoms with Crippen LogP contribution in [0, 0.1) is 6.92 Å². The topological polar surface area (TPSA) is 103 Å². The molecule has 9 heteroatoms. The fraction of sp³-hybridized carbons (Fsp3) is 0.222. The number of amides is 2. The predicted octanol–water partition coefficient (Wildman–Crippen LogP) is 1.98. The lowest BCUT2D eigenvalue weighted by molar-refractivity contribution is 0.101. The zero-order valence-corrected chi connectivity index (χ0v) is 15.5. The molecule has 0 fully saturated rings. The number of methoxy groups -OCH3 is 1. The van der Waals surface area contributed by atoms with Crippen molar-refractivity contribution in [3.05, 3.63) is 53.6 Å². The van der Waals surface area contributed by atoms with Crippen molar-refractivity contribution in [3.8, 4) is 5.75 Å². The number of carbonyl (C=O) groups is 2. The summed E-state index contributed by atoms with van der Waals surface area (Å²) in [5.74, 6) is -0.195. The van der Waals surface area contributed by atoms with Crippen LogP contribution in [0.1, 0.15) is 26.5 Å². The van der Waals surface area contributed by atoms with Crippen LogP contribution in [-0.4, -0.2) is 38.5 Å². The van der Waals surface area contributed by atoms with E-state index in [0.717, 1.165) is 5.69 Å². The van der Waals surface area contributed by atoms with E-state index in [4.69, 9.17) is 4.74 Å². The van der Waals surface area contributed by atoms with Gasteiger partial charge in [0.2, 0.25) is 0 Å². The van der Waals surface area contributed by atoms with Crippen molar-refractivity contribution in [1.82, 2.24) is 19.6 Å². The Morgan fingerprint density at radius 2 is 1.67 bits per heavy atom. The maximum atomic E-state index is 12.7. The molecule has 0 aliphatic heterocycles. The van der Waals surface area contributed by atoms with Crippen molar-refractivity contribution in [2.75, 3.05) is 17.7 Å². The lowest BCUT2D eigenvalue weighted by Crippen LogP contribution is -2.20. The van der Waals surface area contributed by atoms with Crippen molar-refractivity contribution in [2.45, 2.75) is 6.92 Å². The molecular weight excluding hydrogens is 348 g/mol. The largest absolute Gasteiger partial charge is 0.497 e. The van der Waals surface area contributed by atoms with Gasteiger partial charge in [-0.25, -0.2) is 0 Å². The van der Waals surface area contributed by atoms with Gasteiger partial charge in [0.05, 0.1) is 36.6 Å². The summed E-state index contributed by atoms with van der Waals surface area (Å²) >= 11 is 0. The van der Waals surface area contributed by atoms with Crippen LogP contribution in [0.5, 0.6) is 5.75 Å². The highest BCUT2D eigenvalue weighted by Gasteiger charge is 2.20. The van der Waals surface area contributed by atoms with Gasteiger partial charge in [-0.3, -0.25) is 19.0 Å². The third-order valence-corrected chi connectivity index (χ3v) is 4.22. The molecule has 0 saturated heterocycles. The number of aryl methyl sites for hydroxylation is 2. The van der Waals surface area contributed by atoms with E-state index in [9.17, 15) is 9.59 Å². The number of anilines is 2. The van der Waals surface area contributed by atoms with Crippen LogP contribution >= 0.6 is 0 Å². The second kappa shape index (κ2) is 7.32. The van der Waals surface area contributed by atoms with Gasteiger partial charge in [-0.15, -0.1) is 0 Å². The molecule has 0 aliphatic rings. The number of rotatable bonds is 5. The molecule has 27 heavy (non-hydrogen) atoms. The molecular formula is C18H20N6O3. The second-order valence-corrected chi connectivity index (χ2v) is 5.94. The fourth-order valence-corrected chi connectivity index (χ4v) is 2.56. The van der Waals surface area contributed by atoms with Gasteiger partial charge >= 0.3 is 0 Å². The molecule has 0 unspecified atom stereocenters. The number of ether oxygens (including phenoxy) is 1. The Kier molecular flexibility index (Phi) is 4.93. The van der Waals surface area contributed by atoms with Crippen molar-refractivity contribution >= 4 is 23.2 Å². The quantitative estimate of drug-likeness (QED) is 0.717. The smallest absolute Gasteiger partial charge is 0.276 e. The van der Waals surface area contributed by atoms with Crippen molar-refractivity contribution in [3.63, 3.8) is 0 Å². The summed E-state index contributed by atoms with van der Waals surface area (Å²) in [7, 11) is 4.95. The molecule has 2 N–H and O–H groups in total. The number of nitrogens with zero attached hydrogens (tertiary/aromatic N) is 4. The number of carbonyl (C=O) groups excluding carboxylic acids is 2. The summed E-state index contributed by atoms with van der Waals surface area (Å²) < 4.78 is 8.19. The van der Waals surface area contributed by atoms with Crippen LogP contribution in [-0.2, 0) is 14.1 Å². The molecule has 0 aliphatic carbocycles. The molecule has 0 bridgehead atoms. The molecule has 3 rings (SSSR count). The van der Waals surface area contributed by atoms with E-state index in [1.807, 2.05) is 6.92 Å². The SMILES string of the molecule is COc1cccc(C(=O)Nc2cnn(C)c2C(=O)Nc2cnn(C)c2C)c1. The number of hydrogen-bond donors (Lipinski definition) is 2. The highest BCUT2D eigenvalue weighted by molar-refractivity contribution is 6.11. The normalized spacial score (nSPS) is 10.5. The van der Waals surface area contributed by atoms with Gasteiger partial charge in [-0.2, -0.15) is 10.2 Å². The first-order chi connectivity index (χ1) is 12.9. The molecule has 0 saturated carbocycles. The summed E-state index contributed by atoms with van der Waals surface area (Å²) in [6.45, 7) is 1.84. The van der Waals surface area contributed by atoms with Gasteiger partial charge in [0.1, 0.15) is 11.4 Å². The molecule has 2 amide bonds. The van der Waals surface area contributed by atoms with Gasteiger partial charge in [0.15, 0.2) is 0 Å². The van der Waals surface area contributed by atoms with E-state index >= 15 is 0 Å². The average molecular weight is 368 g/mol. The van der Waals surface area contributed by atoms with Gasteiger partial charge in [-0.1, -0.05) is 6.07 Å². The Balaban J connectivity index is 1.82. The minimum absolute atomic E-state index is 0.231. The third kappa shape index (κ3) is 3.66. The molecule has 0 radical (unpaired) electrons. The monoisotopic (exact) mass is 368 g/mol. The maximum Gasteiger partial charge on any atom is 0.276 e.